The Bertz CT molecular complexity index is 714. The molecule has 0 saturated heterocycles. The molecular weight excluding hydrogens is 342 g/mol. The van der Waals surface area contributed by atoms with Crippen molar-refractivity contribution in [3.05, 3.63) is 42.5 Å². The molecular formula is C20H31N5O2. The monoisotopic (exact) mass is 373 g/mol. The highest BCUT2D eigenvalue weighted by Crippen LogP contribution is 2.19. The Morgan fingerprint density at radius 3 is 2.78 bits per heavy atom. The number of aryl methyl sites for hydroxylation is 2. The molecule has 0 spiro atoms. The number of nitrogens with zero attached hydrogens (tertiary/aromatic N) is 3. The molecule has 0 aliphatic carbocycles. The van der Waals surface area contributed by atoms with Gasteiger partial charge in [-0.05, 0) is 38.8 Å². The molecule has 7 heteroatoms. The van der Waals surface area contributed by atoms with Gasteiger partial charge in [-0.2, -0.15) is 0 Å². The Labute approximate surface area is 161 Å². The van der Waals surface area contributed by atoms with Crippen molar-refractivity contribution in [1.29, 1.82) is 0 Å². The number of aromatic nitrogens is 2. The number of aliphatic imine (C=N–C) groups is 1. The Kier molecular flexibility index (Phi) is 8.48. The van der Waals surface area contributed by atoms with Crippen LogP contribution in [0.1, 0.15) is 25.6 Å². The van der Waals surface area contributed by atoms with E-state index in [0.29, 0.717) is 6.54 Å². The molecule has 0 amide bonds. The van der Waals surface area contributed by atoms with Gasteiger partial charge in [0.25, 0.3) is 0 Å². The molecule has 0 radical (unpaired) electrons. The Morgan fingerprint density at radius 1 is 1.26 bits per heavy atom. The van der Waals surface area contributed by atoms with Crippen LogP contribution in [0.2, 0.25) is 0 Å². The summed E-state index contributed by atoms with van der Waals surface area (Å²) in [5.41, 5.74) is 0. The molecule has 2 N–H and O–H groups in total. The number of imidazole rings is 1. The summed E-state index contributed by atoms with van der Waals surface area (Å²) in [5.74, 6) is 3.43. The standard InChI is InChI=1S/C20H31N5O2/c1-16(27-19-9-7-8-18(14-19)26-4)15-24-20(21-3)23-10-5-6-12-25-13-11-22-17(25)2/h7-9,11,13-14,16H,5-6,10,12,15H2,1-4H3,(H2,21,23,24). The van der Waals surface area contributed by atoms with Crippen LogP contribution in [0.25, 0.3) is 0 Å². The minimum atomic E-state index is -0.000118. The lowest BCUT2D eigenvalue weighted by molar-refractivity contribution is 0.223. The van der Waals surface area contributed by atoms with E-state index in [4.69, 9.17) is 9.47 Å². The van der Waals surface area contributed by atoms with E-state index in [1.54, 1.807) is 14.2 Å². The molecule has 1 unspecified atom stereocenters. The molecule has 1 atom stereocenters. The van der Waals surface area contributed by atoms with Crippen molar-refractivity contribution in [2.45, 2.75) is 39.3 Å². The number of nitrogens with one attached hydrogen (secondary N) is 2. The maximum atomic E-state index is 5.91. The third-order valence-electron chi connectivity index (χ3n) is 4.20. The summed E-state index contributed by atoms with van der Waals surface area (Å²) in [7, 11) is 3.42. The summed E-state index contributed by atoms with van der Waals surface area (Å²) >= 11 is 0. The molecule has 2 aromatic rings. The molecule has 0 aliphatic heterocycles. The lowest BCUT2D eigenvalue weighted by Gasteiger charge is -2.18. The fourth-order valence-corrected chi connectivity index (χ4v) is 2.66. The van der Waals surface area contributed by atoms with Gasteiger partial charge in [-0.3, -0.25) is 4.99 Å². The van der Waals surface area contributed by atoms with Gasteiger partial charge in [0.05, 0.1) is 13.7 Å². The highest BCUT2D eigenvalue weighted by Gasteiger charge is 2.06. The van der Waals surface area contributed by atoms with E-state index in [-0.39, 0.29) is 6.10 Å². The van der Waals surface area contributed by atoms with Gasteiger partial charge >= 0.3 is 0 Å². The molecule has 27 heavy (non-hydrogen) atoms. The summed E-state index contributed by atoms with van der Waals surface area (Å²) in [6.45, 7) is 6.57. The van der Waals surface area contributed by atoms with E-state index in [0.717, 1.165) is 49.2 Å². The number of guanidine groups is 1. The van der Waals surface area contributed by atoms with Gasteiger partial charge in [0.1, 0.15) is 23.4 Å². The number of unbranched alkanes of at least 4 members (excludes halogenated alkanes) is 1. The molecule has 0 bridgehead atoms. The van der Waals surface area contributed by atoms with Crippen LogP contribution in [0.5, 0.6) is 11.5 Å². The SMILES string of the molecule is CN=C(NCCCCn1ccnc1C)NCC(C)Oc1cccc(OC)c1. The minimum Gasteiger partial charge on any atom is -0.497 e. The van der Waals surface area contributed by atoms with Crippen LogP contribution in [-0.2, 0) is 6.54 Å². The van der Waals surface area contributed by atoms with Crippen LogP contribution in [-0.4, -0.2) is 48.9 Å². The van der Waals surface area contributed by atoms with Crippen LogP contribution in [0, 0.1) is 6.92 Å². The molecule has 0 saturated carbocycles. The predicted octanol–water partition coefficient (Wildman–Crippen LogP) is 2.61. The average Bonchev–Trinajstić information content (AvgIpc) is 3.09. The van der Waals surface area contributed by atoms with Crippen LogP contribution < -0.4 is 20.1 Å². The molecule has 0 fully saturated rings. The van der Waals surface area contributed by atoms with E-state index < -0.39 is 0 Å². The highest BCUT2D eigenvalue weighted by atomic mass is 16.5. The second-order valence-electron chi connectivity index (χ2n) is 6.36. The van der Waals surface area contributed by atoms with Crippen molar-refractivity contribution < 1.29 is 9.47 Å². The molecule has 2 rings (SSSR count). The number of hydrogen-bond donors (Lipinski definition) is 2. The summed E-state index contributed by atoms with van der Waals surface area (Å²) in [6, 6.07) is 7.62. The lowest BCUT2D eigenvalue weighted by atomic mass is 10.3. The zero-order valence-electron chi connectivity index (χ0n) is 16.7. The number of hydrogen-bond acceptors (Lipinski definition) is 4. The highest BCUT2D eigenvalue weighted by molar-refractivity contribution is 5.79. The first-order valence-electron chi connectivity index (χ1n) is 9.35. The molecule has 0 aliphatic rings. The largest absolute Gasteiger partial charge is 0.497 e. The Balaban J connectivity index is 1.63. The first-order valence-corrected chi connectivity index (χ1v) is 9.35. The van der Waals surface area contributed by atoms with Crippen LogP contribution in [0.15, 0.2) is 41.7 Å². The van der Waals surface area contributed by atoms with E-state index in [1.165, 1.54) is 0 Å². The van der Waals surface area contributed by atoms with Crippen molar-refractivity contribution in [2.75, 3.05) is 27.2 Å². The number of rotatable bonds is 10. The molecule has 1 aromatic carbocycles. The van der Waals surface area contributed by atoms with Crippen LogP contribution >= 0.6 is 0 Å². The van der Waals surface area contributed by atoms with Crippen molar-refractivity contribution >= 4 is 5.96 Å². The number of methoxy groups -OCH3 is 1. The maximum Gasteiger partial charge on any atom is 0.191 e. The summed E-state index contributed by atoms with van der Waals surface area (Å²) < 4.78 is 13.3. The quantitative estimate of drug-likeness (QED) is 0.380. The van der Waals surface area contributed by atoms with Gasteiger partial charge in [-0.15, -0.1) is 0 Å². The maximum absolute atomic E-state index is 5.91. The van der Waals surface area contributed by atoms with Crippen molar-refractivity contribution in [1.82, 2.24) is 20.2 Å². The summed E-state index contributed by atoms with van der Waals surface area (Å²) in [6.07, 6.45) is 6.02. The average molecular weight is 374 g/mol. The van der Waals surface area contributed by atoms with Gasteiger partial charge in [0.15, 0.2) is 5.96 Å². The molecule has 7 nitrogen and oxygen atoms in total. The zero-order valence-corrected chi connectivity index (χ0v) is 16.7. The molecule has 1 heterocycles. The molecule has 148 valence electrons. The molecule has 1 aromatic heterocycles. The van der Waals surface area contributed by atoms with Gasteiger partial charge in [0.2, 0.25) is 0 Å². The minimum absolute atomic E-state index is 0.000118. The van der Waals surface area contributed by atoms with Crippen molar-refractivity contribution in [2.24, 2.45) is 4.99 Å². The first-order chi connectivity index (χ1) is 13.1. The third-order valence-corrected chi connectivity index (χ3v) is 4.20. The smallest absolute Gasteiger partial charge is 0.191 e. The number of ether oxygens (including phenoxy) is 2. The van der Waals surface area contributed by atoms with Gasteiger partial charge in [0, 0.05) is 38.6 Å². The second kappa shape index (κ2) is 11.1. The topological polar surface area (TPSA) is 72.7 Å². The Hall–Kier alpha value is -2.70. The summed E-state index contributed by atoms with van der Waals surface area (Å²) in [4.78, 5) is 8.50. The number of benzene rings is 1. The van der Waals surface area contributed by atoms with E-state index in [2.05, 4.69) is 25.2 Å². The van der Waals surface area contributed by atoms with Gasteiger partial charge in [-0.1, -0.05) is 6.07 Å². The van der Waals surface area contributed by atoms with E-state index >= 15 is 0 Å². The van der Waals surface area contributed by atoms with Crippen molar-refractivity contribution in [3.63, 3.8) is 0 Å². The summed E-state index contributed by atoms with van der Waals surface area (Å²) in [5, 5.41) is 6.64. The third kappa shape index (κ3) is 7.21. The van der Waals surface area contributed by atoms with Crippen molar-refractivity contribution in [3.8, 4) is 11.5 Å². The Morgan fingerprint density at radius 2 is 2.07 bits per heavy atom. The predicted molar refractivity (Wildman–Crippen MR) is 109 cm³/mol. The fraction of sp³-hybridized carbons (Fsp3) is 0.500. The zero-order chi connectivity index (χ0) is 19.5. The van der Waals surface area contributed by atoms with Crippen LogP contribution in [0.3, 0.4) is 0 Å². The van der Waals surface area contributed by atoms with Crippen LogP contribution in [0.4, 0.5) is 0 Å². The normalized spacial score (nSPS) is 12.5. The second-order valence-corrected chi connectivity index (χ2v) is 6.36. The van der Waals surface area contributed by atoms with E-state index in [1.807, 2.05) is 50.5 Å². The lowest BCUT2D eigenvalue weighted by Crippen LogP contribution is -2.42. The fourth-order valence-electron chi connectivity index (χ4n) is 2.66. The van der Waals surface area contributed by atoms with E-state index in [9.17, 15) is 0 Å². The van der Waals surface area contributed by atoms with Gasteiger partial charge < -0.3 is 24.7 Å². The van der Waals surface area contributed by atoms with Gasteiger partial charge in [-0.25, -0.2) is 4.98 Å². The first kappa shape index (κ1) is 20.6.